The van der Waals surface area contributed by atoms with Gasteiger partial charge in [0.15, 0.2) is 6.29 Å². The topological polar surface area (TPSA) is 82.2 Å². The van der Waals surface area contributed by atoms with Crippen molar-refractivity contribution in [1.29, 1.82) is 0 Å². The quantitative estimate of drug-likeness (QED) is 0.753. The first-order valence-corrected chi connectivity index (χ1v) is 7.35. The highest BCUT2D eigenvalue weighted by atomic mass is 16.3. The summed E-state index contributed by atoms with van der Waals surface area (Å²) in [5.74, 6) is -0.329. The van der Waals surface area contributed by atoms with Crippen LogP contribution in [-0.2, 0) is 12.0 Å². The van der Waals surface area contributed by atoms with Crippen LogP contribution in [0.5, 0.6) is 0 Å². The normalized spacial score (nSPS) is 20.2. The predicted molar refractivity (Wildman–Crippen MR) is 81.8 cm³/mol. The lowest BCUT2D eigenvalue weighted by Gasteiger charge is -2.34. The minimum atomic E-state index is -1.04. The molecule has 1 amide bonds. The number of hydrogen-bond donors (Lipinski definition) is 3. The van der Waals surface area contributed by atoms with E-state index in [-0.39, 0.29) is 12.5 Å². The molecule has 1 aliphatic carbocycles. The Bertz CT molecular complexity index is 707. The molecule has 3 N–H and O–H groups in total. The van der Waals surface area contributed by atoms with Crippen molar-refractivity contribution in [2.24, 2.45) is 0 Å². The van der Waals surface area contributed by atoms with Crippen molar-refractivity contribution in [2.45, 2.75) is 24.9 Å². The lowest BCUT2D eigenvalue weighted by atomic mass is 9.79. The lowest BCUT2D eigenvalue weighted by molar-refractivity contribution is 0.0189. The zero-order valence-corrected chi connectivity index (χ0v) is 12.1. The second kappa shape index (κ2) is 5.77. The van der Waals surface area contributed by atoms with Gasteiger partial charge in [0.2, 0.25) is 0 Å². The van der Waals surface area contributed by atoms with Gasteiger partial charge >= 0.3 is 0 Å². The molecule has 0 bridgehead atoms. The number of amides is 1. The molecule has 2 aromatic rings. The summed E-state index contributed by atoms with van der Waals surface area (Å²) in [7, 11) is 0. The van der Waals surface area contributed by atoms with Gasteiger partial charge in [-0.1, -0.05) is 24.3 Å². The summed E-state index contributed by atoms with van der Waals surface area (Å²) < 4.78 is 0. The zero-order valence-electron chi connectivity index (χ0n) is 12.1. The Morgan fingerprint density at radius 1 is 1.32 bits per heavy atom. The minimum Gasteiger partial charge on any atom is -0.383 e. The van der Waals surface area contributed by atoms with Gasteiger partial charge < -0.3 is 15.4 Å². The minimum absolute atomic E-state index is 0.151. The van der Waals surface area contributed by atoms with Gasteiger partial charge in [0.25, 0.3) is 5.91 Å². The number of aliphatic hydroxyl groups is 1. The Morgan fingerprint density at radius 3 is 2.91 bits per heavy atom. The summed E-state index contributed by atoms with van der Waals surface area (Å²) in [5, 5.41) is 13.6. The summed E-state index contributed by atoms with van der Waals surface area (Å²) in [6.45, 7) is 0.151. The van der Waals surface area contributed by atoms with Crippen LogP contribution in [0.4, 0.5) is 0 Å². The molecule has 0 saturated heterocycles. The predicted octanol–water partition coefficient (Wildman–Crippen LogP) is 1.78. The van der Waals surface area contributed by atoms with E-state index in [2.05, 4.69) is 10.3 Å². The molecular formula is C17H18N2O3. The molecule has 5 nitrogen and oxygen atoms in total. The number of aldehydes is 1. The molecule has 1 aromatic heterocycles. The van der Waals surface area contributed by atoms with Gasteiger partial charge in [-0.25, -0.2) is 0 Å². The van der Waals surface area contributed by atoms with E-state index in [1.807, 2.05) is 24.3 Å². The number of carbonyl (C=O) groups excluding carboxylic acids is 2. The van der Waals surface area contributed by atoms with Crippen molar-refractivity contribution < 1.29 is 14.7 Å². The number of nitrogens with one attached hydrogen (secondary N) is 2. The Morgan fingerprint density at radius 2 is 2.14 bits per heavy atom. The standard InChI is InChI=1S/C17H18N2O3/c20-10-13-7-8-15(19-13)16(21)18-11-17(22)9-3-5-12-4-1-2-6-14(12)17/h1-2,4,6-8,10,19,22H,3,5,9,11H2,(H,18,21). The van der Waals surface area contributed by atoms with E-state index in [9.17, 15) is 14.7 Å². The molecule has 22 heavy (non-hydrogen) atoms. The molecule has 1 aromatic carbocycles. The van der Waals surface area contributed by atoms with E-state index in [0.717, 1.165) is 24.0 Å². The van der Waals surface area contributed by atoms with E-state index in [1.165, 1.54) is 0 Å². The molecule has 1 unspecified atom stereocenters. The first kappa shape index (κ1) is 14.5. The zero-order chi connectivity index (χ0) is 15.6. The van der Waals surface area contributed by atoms with Crippen molar-refractivity contribution in [3.8, 4) is 0 Å². The molecule has 3 rings (SSSR count). The average molecular weight is 298 g/mol. The van der Waals surface area contributed by atoms with Gasteiger partial charge in [0.1, 0.15) is 11.3 Å². The molecule has 1 atom stereocenters. The molecule has 114 valence electrons. The van der Waals surface area contributed by atoms with Crippen LogP contribution >= 0.6 is 0 Å². The molecule has 0 aliphatic heterocycles. The summed E-state index contributed by atoms with van der Waals surface area (Å²) in [5.41, 5.74) is 1.65. The van der Waals surface area contributed by atoms with E-state index < -0.39 is 5.60 Å². The second-order valence-corrected chi connectivity index (χ2v) is 5.67. The fourth-order valence-corrected chi connectivity index (χ4v) is 3.02. The number of aromatic amines is 1. The molecular weight excluding hydrogens is 280 g/mol. The Hall–Kier alpha value is -2.40. The van der Waals surface area contributed by atoms with Crippen LogP contribution in [0.1, 0.15) is 44.9 Å². The third kappa shape index (κ3) is 2.67. The van der Waals surface area contributed by atoms with Crippen molar-refractivity contribution in [3.05, 3.63) is 58.9 Å². The molecule has 0 spiro atoms. The number of fused-ring (bicyclic) bond motifs is 1. The largest absolute Gasteiger partial charge is 0.383 e. The maximum atomic E-state index is 12.1. The fourth-order valence-electron chi connectivity index (χ4n) is 3.02. The highest BCUT2D eigenvalue weighted by Crippen LogP contribution is 2.34. The van der Waals surface area contributed by atoms with Crippen LogP contribution in [0.25, 0.3) is 0 Å². The summed E-state index contributed by atoms with van der Waals surface area (Å²) >= 11 is 0. The highest BCUT2D eigenvalue weighted by molar-refractivity contribution is 5.93. The number of aryl methyl sites for hydroxylation is 1. The van der Waals surface area contributed by atoms with Crippen molar-refractivity contribution in [3.63, 3.8) is 0 Å². The van der Waals surface area contributed by atoms with Crippen molar-refractivity contribution in [2.75, 3.05) is 6.54 Å². The first-order valence-electron chi connectivity index (χ1n) is 7.35. The first-order chi connectivity index (χ1) is 10.6. The third-order valence-electron chi connectivity index (χ3n) is 4.18. The Balaban J connectivity index is 1.73. The molecule has 5 heteroatoms. The van der Waals surface area contributed by atoms with E-state index in [4.69, 9.17) is 0 Å². The number of carbonyl (C=O) groups is 2. The van der Waals surface area contributed by atoms with E-state index >= 15 is 0 Å². The Labute approximate surface area is 128 Å². The van der Waals surface area contributed by atoms with Crippen molar-refractivity contribution in [1.82, 2.24) is 10.3 Å². The van der Waals surface area contributed by atoms with Crippen LogP contribution in [0.15, 0.2) is 36.4 Å². The smallest absolute Gasteiger partial charge is 0.267 e. The summed E-state index contributed by atoms with van der Waals surface area (Å²) in [4.78, 5) is 25.5. The molecule has 1 aliphatic rings. The van der Waals surface area contributed by atoms with E-state index in [1.54, 1.807) is 12.1 Å². The fraction of sp³-hybridized carbons (Fsp3) is 0.294. The van der Waals surface area contributed by atoms with Crippen LogP contribution in [0.3, 0.4) is 0 Å². The maximum absolute atomic E-state index is 12.1. The Kier molecular flexibility index (Phi) is 3.81. The second-order valence-electron chi connectivity index (χ2n) is 5.67. The van der Waals surface area contributed by atoms with Crippen LogP contribution in [-0.4, -0.2) is 28.8 Å². The third-order valence-corrected chi connectivity index (χ3v) is 4.18. The van der Waals surface area contributed by atoms with Gasteiger partial charge in [0.05, 0.1) is 12.2 Å². The van der Waals surface area contributed by atoms with Gasteiger partial charge in [-0.3, -0.25) is 9.59 Å². The number of rotatable bonds is 4. The van der Waals surface area contributed by atoms with Gasteiger partial charge in [-0.2, -0.15) is 0 Å². The molecule has 0 radical (unpaired) electrons. The van der Waals surface area contributed by atoms with Gasteiger partial charge in [-0.05, 0) is 42.5 Å². The number of hydrogen-bond acceptors (Lipinski definition) is 3. The monoisotopic (exact) mass is 298 g/mol. The highest BCUT2D eigenvalue weighted by Gasteiger charge is 2.34. The lowest BCUT2D eigenvalue weighted by Crippen LogP contribution is -2.43. The summed E-state index contributed by atoms with van der Waals surface area (Å²) in [6.07, 6.45) is 3.11. The van der Waals surface area contributed by atoms with Gasteiger partial charge in [-0.15, -0.1) is 0 Å². The van der Waals surface area contributed by atoms with Crippen LogP contribution in [0.2, 0.25) is 0 Å². The number of H-pyrrole nitrogens is 1. The SMILES string of the molecule is O=Cc1ccc(C(=O)NCC2(O)CCCc3ccccc32)[nH]1. The van der Waals surface area contributed by atoms with Crippen molar-refractivity contribution >= 4 is 12.2 Å². The number of benzene rings is 1. The van der Waals surface area contributed by atoms with Crippen LogP contribution < -0.4 is 5.32 Å². The number of aromatic nitrogens is 1. The molecule has 1 heterocycles. The molecule has 0 fully saturated rings. The van der Waals surface area contributed by atoms with Crippen LogP contribution in [0, 0.1) is 0 Å². The average Bonchev–Trinajstić information content (AvgIpc) is 3.02. The summed E-state index contributed by atoms with van der Waals surface area (Å²) in [6, 6.07) is 10.9. The maximum Gasteiger partial charge on any atom is 0.267 e. The molecule has 0 saturated carbocycles. The van der Waals surface area contributed by atoms with E-state index in [0.29, 0.717) is 24.1 Å². The van der Waals surface area contributed by atoms with Gasteiger partial charge in [0, 0.05) is 0 Å².